The second-order valence-corrected chi connectivity index (χ2v) is 11.5. The minimum Gasteiger partial charge on any atom is -0.494 e. The second-order valence-electron chi connectivity index (χ2n) is 11.5. The van der Waals surface area contributed by atoms with Crippen LogP contribution >= 0.6 is 0 Å². The topological polar surface area (TPSA) is 137 Å². The Morgan fingerprint density at radius 3 is 2.70 bits per heavy atom. The summed E-state index contributed by atoms with van der Waals surface area (Å²) in [7, 11) is 3.39. The van der Waals surface area contributed by atoms with E-state index in [0.29, 0.717) is 64.3 Å². The Morgan fingerprint density at radius 1 is 1.06 bits per heavy atom. The summed E-state index contributed by atoms with van der Waals surface area (Å²) in [4.78, 5) is 28.0. The molecule has 0 saturated carbocycles. The molecule has 2 N–H and O–H groups in total. The maximum Gasteiger partial charge on any atom is 0.284 e. The van der Waals surface area contributed by atoms with Crippen molar-refractivity contribution in [2.45, 2.75) is 31.9 Å². The number of ether oxygens (including phenoxy) is 4. The number of rotatable bonds is 10. The Morgan fingerprint density at radius 2 is 1.94 bits per heavy atom. The van der Waals surface area contributed by atoms with Gasteiger partial charge in [-0.15, -0.1) is 0 Å². The molecule has 47 heavy (non-hydrogen) atoms. The van der Waals surface area contributed by atoms with Crippen LogP contribution in [0.15, 0.2) is 67.2 Å². The van der Waals surface area contributed by atoms with Gasteiger partial charge in [-0.05, 0) is 63.2 Å². The summed E-state index contributed by atoms with van der Waals surface area (Å²) in [6, 6.07) is 10.5. The first-order chi connectivity index (χ1) is 22.8. The number of nitrogens with zero attached hydrogens (tertiary/aromatic N) is 6. The molecule has 2 fully saturated rings. The highest BCUT2D eigenvalue weighted by atomic mass is 19.1. The highest BCUT2D eigenvalue weighted by Crippen LogP contribution is 2.40. The van der Waals surface area contributed by atoms with Crippen LogP contribution in [-0.2, 0) is 9.53 Å². The number of aryl methyl sites for hydroxylation is 1. The van der Waals surface area contributed by atoms with E-state index in [1.54, 1.807) is 35.0 Å². The van der Waals surface area contributed by atoms with Crippen LogP contribution in [0.4, 0.5) is 21.6 Å². The van der Waals surface area contributed by atoms with E-state index < -0.39 is 11.7 Å². The van der Waals surface area contributed by atoms with Crippen molar-refractivity contribution in [2.24, 2.45) is 0 Å². The van der Waals surface area contributed by atoms with Crippen molar-refractivity contribution in [1.29, 1.82) is 0 Å². The number of fused-ring (bicyclic) bond motifs is 2. The molecule has 242 valence electrons. The molecular weight excluding hydrogens is 607 g/mol. The Hall–Kier alpha value is -5.34. The van der Waals surface area contributed by atoms with Gasteiger partial charge in [0.15, 0.2) is 11.5 Å². The van der Waals surface area contributed by atoms with E-state index in [0.717, 1.165) is 24.9 Å². The zero-order chi connectivity index (χ0) is 32.5. The maximum atomic E-state index is 15.0. The monoisotopic (exact) mass is 640 g/mol. The van der Waals surface area contributed by atoms with E-state index in [9.17, 15) is 9.18 Å². The summed E-state index contributed by atoms with van der Waals surface area (Å²) in [5, 5.41) is 10.7. The third kappa shape index (κ3) is 6.37. The van der Waals surface area contributed by atoms with Crippen LogP contribution in [0.1, 0.15) is 18.4 Å². The first kappa shape index (κ1) is 30.3. The number of likely N-dealkylation sites (N-methyl/N-ethyl adjacent to an activating group) is 1. The van der Waals surface area contributed by atoms with Gasteiger partial charge in [0.25, 0.3) is 5.91 Å². The van der Waals surface area contributed by atoms with Crippen LogP contribution in [0.3, 0.4) is 0 Å². The molecule has 13 nitrogen and oxygen atoms in total. The number of amides is 1. The largest absolute Gasteiger partial charge is 0.494 e. The second kappa shape index (κ2) is 12.8. The molecule has 0 spiro atoms. The molecule has 7 rings (SSSR count). The fourth-order valence-corrected chi connectivity index (χ4v) is 5.57. The molecule has 1 amide bonds. The van der Waals surface area contributed by atoms with Crippen LogP contribution in [0, 0.1) is 6.92 Å². The fraction of sp³-hybridized carbons (Fsp3) is 0.303. The molecule has 2 aliphatic rings. The number of carbonyl (C=O) groups is 1. The number of hydrogen-bond donors (Lipinski definition) is 2. The van der Waals surface area contributed by atoms with Crippen LogP contribution in [0.25, 0.3) is 16.6 Å². The molecule has 1 atom stereocenters. The molecule has 0 bridgehead atoms. The van der Waals surface area contributed by atoms with Gasteiger partial charge in [0.05, 0.1) is 37.2 Å². The van der Waals surface area contributed by atoms with Crippen molar-refractivity contribution >= 4 is 39.6 Å². The van der Waals surface area contributed by atoms with Gasteiger partial charge >= 0.3 is 0 Å². The first-order valence-electron chi connectivity index (χ1n) is 15.2. The number of likely N-dealkylation sites (tertiary alicyclic amines) is 1. The third-order valence-electron chi connectivity index (χ3n) is 8.25. The number of benzene rings is 2. The number of carbonyl (C=O) groups excluding carboxylic acids is 1. The maximum absolute atomic E-state index is 15.0. The molecule has 3 aromatic heterocycles. The Balaban J connectivity index is 1.20. The number of pyridine rings is 1. The molecule has 5 aromatic rings. The highest BCUT2D eigenvalue weighted by Gasteiger charge is 2.24. The first-order valence-corrected chi connectivity index (χ1v) is 15.2. The fourth-order valence-electron chi connectivity index (χ4n) is 5.57. The van der Waals surface area contributed by atoms with Crippen molar-refractivity contribution in [1.82, 2.24) is 29.5 Å². The quantitative estimate of drug-likeness (QED) is 0.195. The third-order valence-corrected chi connectivity index (χ3v) is 8.25. The van der Waals surface area contributed by atoms with E-state index in [1.807, 2.05) is 31.0 Å². The standard InChI is InChI=1S/C33H33FN8O5/c1-19-9-26(30(47-22-15-45-16-22)14-28(19)46-21-6-8-42-31(11-21)36-18-38-42)39-32-23-12-27(29(44-3)13-25(23)35-17-37-32)40-33(43)24(34)10-20-5-4-7-41(20)2/h6,8-14,17-18,20,22H,4-5,7,15-16H2,1-3H3,(H,40,43)(H,35,37,39). The Labute approximate surface area is 269 Å². The molecule has 1 unspecified atom stereocenters. The lowest BCUT2D eigenvalue weighted by atomic mass is 10.1. The lowest BCUT2D eigenvalue weighted by molar-refractivity contribution is -0.114. The predicted octanol–water partition coefficient (Wildman–Crippen LogP) is 5.19. The van der Waals surface area contributed by atoms with Crippen molar-refractivity contribution < 1.29 is 28.1 Å². The molecule has 2 saturated heterocycles. The normalized spacial score (nSPS) is 17.1. The van der Waals surface area contributed by atoms with Gasteiger partial charge in [-0.3, -0.25) is 9.69 Å². The summed E-state index contributed by atoms with van der Waals surface area (Å²) in [5.41, 5.74) is 2.94. The smallest absolute Gasteiger partial charge is 0.284 e. The lowest BCUT2D eigenvalue weighted by Crippen LogP contribution is -2.38. The lowest BCUT2D eigenvalue weighted by Gasteiger charge is -2.28. The van der Waals surface area contributed by atoms with E-state index in [4.69, 9.17) is 18.9 Å². The zero-order valence-corrected chi connectivity index (χ0v) is 26.1. The SMILES string of the molecule is COc1cc2ncnc(Nc3cc(C)c(Oc4ccn5ncnc5c4)cc3OC3COC3)c2cc1NC(=O)C(F)=CC1CCCN1C. The number of hydrogen-bond acceptors (Lipinski definition) is 11. The summed E-state index contributed by atoms with van der Waals surface area (Å²) in [5.74, 6) is 0.778. The van der Waals surface area contributed by atoms with Crippen molar-refractivity contribution in [3.8, 4) is 23.0 Å². The van der Waals surface area contributed by atoms with Gasteiger partial charge in [0, 0.05) is 35.8 Å². The minimum absolute atomic E-state index is 0.121. The summed E-state index contributed by atoms with van der Waals surface area (Å²) in [6.45, 7) is 3.72. The number of nitrogens with one attached hydrogen (secondary N) is 2. The number of aromatic nitrogens is 5. The van der Waals surface area contributed by atoms with Crippen molar-refractivity contribution in [3.05, 3.63) is 72.7 Å². The zero-order valence-electron chi connectivity index (χ0n) is 26.1. The molecular formula is C33H33FN8O5. The summed E-state index contributed by atoms with van der Waals surface area (Å²) >= 11 is 0. The molecule has 2 aliphatic heterocycles. The van der Waals surface area contributed by atoms with Gasteiger partial charge in [0.2, 0.25) is 0 Å². The molecule has 5 heterocycles. The molecule has 2 aromatic carbocycles. The molecule has 0 aliphatic carbocycles. The van der Waals surface area contributed by atoms with Crippen LogP contribution in [-0.4, -0.2) is 81.4 Å². The van der Waals surface area contributed by atoms with E-state index in [-0.39, 0.29) is 17.8 Å². The van der Waals surface area contributed by atoms with Gasteiger partial charge < -0.3 is 29.6 Å². The highest BCUT2D eigenvalue weighted by molar-refractivity contribution is 6.05. The van der Waals surface area contributed by atoms with Crippen molar-refractivity contribution in [3.63, 3.8) is 0 Å². The average Bonchev–Trinajstić information content (AvgIpc) is 3.68. The van der Waals surface area contributed by atoms with Gasteiger partial charge in [-0.1, -0.05) is 0 Å². The Bertz CT molecular complexity index is 2000. The van der Waals surface area contributed by atoms with Gasteiger partial charge in [-0.2, -0.15) is 5.10 Å². The predicted molar refractivity (Wildman–Crippen MR) is 172 cm³/mol. The van der Waals surface area contributed by atoms with Crippen molar-refractivity contribution in [2.75, 3.05) is 44.5 Å². The molecule has 0 radical (unpaired) electrons. The van der Waals surface area contributed by atoms with Crippen LogP contribution in [0.5, 0.6) is 23.0 Å². The van der Waals surface area contributed by atoms with E-state index >= 15 is 0 Å². The van der Waals surface area contributed by atoms with Crippen LogP contribution in [0.2, 0.25) is 0 Å². The molecule has 14 heteroatoms. The summed E-state index contributed by atoms with van der Waals surface area (Å²) < 4.78 is 40.0. The summed E-state index contributed by atoms with van der Waals surface area (Å²) in [6.07, 6.45) is 7.67. The van der Waals surface area contributed by atoms with Gasteiger partial charge in [0.1, 0.15) is 47.6 Å². The van der Waals surface area contributed by atoms with Gasteiger partial charge in [-0.25, -0.2) is 23.9 Å². The minimum atomic E-state index is -0.859. The van der Waals surface area contributed by atoms with Crippen LogP contribution < -0.4 is 24.8 Å². The Kier molecular flexibility index (Phi) is 8.26. The van der Waals surface area contributed by atoms with E-state index in [1.165, 1.54) is 25.8 Å². The number of anilines is 3. The number of halogens is 1. The number of methoxy groups -OCH3 is 1. The average molecular weight is 641 g/mol. The van der Waals surface area contributed by atoms with E-state index in [2.05, 4.69) is 30.7 Å².